The first-order chi connectivity index (χ1) is 25.4. The number of hydrogen-bond acceptors (Lipinski definition) is 8. The molecule has 11 nitrogen and oxygen atoms in total. The van der Waals surface area contributed by atoms with Gasteiger partial charge in [0.25, 0.3) is 11.5 Å². The molecule has 1 saturated heterocycles. The van der Waals surface area contributed by atoms with Crippen LogP contribution in [0.15, 0.2) is 77.7 Å². The van der Waals surface area contributed by atoms with E-state index in [-0.39, 0.29) is 49.3 Å². The zero-order valence-corrected chi connectivity index (χ0v) is 31.5. The minimum Gasteiger partial charge on any atom is -0.469 e. The molecule has 4 aromatic rings. The highest BCUT2D eigenvalue weighted by Crippen LogP contribution is 2.60. The summed E-state index contributed by atoms with van der Waals surface area (Å²) in [5, 5.41) is 15.9. The van der Waals surface area contributed by atoms with Crippen molar-refractivity contribution in [2.24, 2.45) is 5.92 Å². The lowest BCUT2D eigenvalue weighted by molar-refractivity contribution is -0.151. The largest absolute Gasteiger partial charge is 0.469 e. The summed E-state index contributed by atoms with van der Waals surface area (Å²) >= 11 is 0. The molecule has 1 spiro atoms. The minimum absolute atomic E-state index is 0.164. The fraction of sp³-hybridized carbons (Fsp3) is 0.425. The van der Waals surface area contributed by atoms with Crippen molar-refractivity contribution in [2.45, 2.75) is 82.0 Å². The number of benzene rings is 3. The summed E-state index contributed by atoms with van der Waals surface area (Å²) < 4.78 is 29.6. The maximum atomic E-state index is 16.6. The standard InChI is InChI=1S/C40H45FN4O7Si/c1-25-37(53(3,4)41)34(21-35(47)44-23-28-13-6-5-11-26(28)19-30(44)24-46)52-40(25)32-20-29(45-38(49)31-14-8-7-12-27(31)22-42-45)16-17-33(32)43(39(40)50)18-10-9-15-36(48)51-2/h5-8,11-14,16-17,20,22,25,30,34,37,46H,9-10,15,18-19,21,23-24H2,1-4H3/t25-,30-,34+,37-,40+/m0/s1. The Morgan fingerprint density at radius 3 is 2.53 bits per heavy atom. The van der Waals surface area contributed by atoms with E-state index >= 15 is 4.11 Å². The number of amides is 2. The lowest BCUT2D eigenvalue weighted by Crippen LogP contribution is -2.48. The van der Waals surface area contributed by atoms with Gasteiger partial charge in [-0.1, -0.05) is 49.4 Å². The quantitative estimate of drug-likeness (QED) is 0.102. The first-order valence-corrected chi connectivity index (χ1v) is 21.2. The van der Waals surface area contributed by atoms with Crippen molar-refractivity contribution in [1.82, 2.24) is 14.7 Å². The number of esters is 1. The van der Waals surface area contributed by atoms with Gasteiger partial charge in [0.1, 0.15) is 0 Å². The molecular weight excluding hydrogens is 696 g/mol. The number of carbonyl (C=O) groups is 3. The Bertz CT molecular complexity index is 2140. The molecule has 0 unspecified atom stereocenters. The third-order valence-electron chi connectivity index (χ3n) is 11.4. The Hall–Kier alpha value is -4.72. The van der Waals surface area contributed by atoms with E-state index in [1.54, 1.807) is 59.4 Å². The molecule has 4 heterocycles. The first-order valence-electron chi connectivity index (χ1n) is 18.2. The molecule has 0 radical (unpaired) electrons. The molecule has 2 amide bonds. The van der Waals surface area contributed by atoms with Crippen LogP contribution in [0.25, 0.3) is 16.5 Å². The second-order valence-electron chi connectivity index (χ2n) is 14.9. The number of anilines is 1. The number of hydrogen-bond donors (Lipinski definition) is 1. The van der Waals surface area contributed by atoms with E-state index in [1.807, 2.05) is 43.3 Å². The second kappa shape index (κ2) is 14.3. The van der Waals surface area contributed by atoms with E-state index in [0.29, 0.717) is 53.5 Å². The highest BCUT2D eigenvalue weighted by molar-refractivity contribution is 6.72. The number of halogens is 1. The zero-order chi connectivity index (χ0) is 37.7. The van der Waals surface area contributed by atoms with E-state index in [9.17, 15) is 24.3 Å². The molecular formula is C40H45FN4O7Si. The summed E-state index contributed by atoms with van der Waals surface area (Å²) in [6, 6.07) is 19.8. The Kier molecular flexibility index (Phi) is 9.85. The predicted octanol–water partition coefficient (Wildman–Crippen LogP) is 5.19. The van der Waals surface area contributed by atoms with Gasteiger partial charge in [-0.15, -0.1) is 0 Å². The van der Waals surface area contributed by atoms with Crippen LogP contribution in [0.3, 0.4) is 0 Å². The zero-order valence-electron chi connectivity index (χ0n) is 30.5. The van der Waals surface area contributed by atoms with Crippen molar-refractivity contribution in [3.63, 3.8) is 0 Å². The molecule has 13 heteroatoms. The minimum atomic E-state index is -3.62. The van der Waals surface area contributed by atoms with E-state index in [1.165, 1.54) is 11.8 Å². The summed E-state index contributed by atoms with van der Waals surface area (Å²) in [7, 11) is -2.28. The van der Waals surface area contributed by atoms with Gasteiger partial charge in [0.05, 0.1) is 55.2 Å². The molecule has 5 atom stereocenters. The molecule has 0 aliphatic carbocycles. The Labute approximate surface area is 308 Å². The molecule has 0 saturated carbocycles. The van der Waals surface area contributed by atoms with Gasteiger partial charge in [-0.05, 0) is 67.7 Å². The fourth-order valence-electron chi connectivity index (χ4n) is 8.84. The summed E-state index contributed by atoms with van der Waals surface area (Å²) in [6.07, 6.45) is 2.19. The first kappa shape index (κ1) is 36.6. The number of aromatic nitrogens is 2. The van der Waals surface area contributed by atoms with Gasteiger partial charge in [0, 0.05) is 41.9 Å². The van der Waals surface area contributed by atoms with Crippen molar-refractivity contribution < 1.29 is 33.1 Å². The number of carbonyl (C=O) groups excluding carboxylic acids is 3. The highest BCUT2D eigenvalue weighted by atomic mass is 28.4. The monoisotopic (exact) mass is 740 g/mol. The van der Waals surface area contributed by atoms with Crippen LogP contribution >= 0.6 is 0 Å². The van der Waals surface area contributed by atoms with Gasteiger partial charge in [0.15, 0.2) is 5.60 Å². The van der Waals surface area contributed by atoms with Gasteiger partial charge < -0.3 is 28.5 Å². The van der Waals surface area contributed by atoms with Crippen molar-refractivity contribution in [3.8, 4) is 5.69 Å². The summed E-state index contributed by atoms with van der Waals surface area (Å²) in [4.78, 5) is 57.9. The molecule has 0 bridgehead atoms. The number of nitrogens with zero attached hydrogens (tertiary/aromatic N) is 4. The number of methoxy groups -OCH3 is 1. The molecule has 53 heavy (non-hydrogen) atoms. The van der Waals surface area contributed by atoms with Crippen LogP contribution in [-0.2, 0) is 42.4 Å². The second-order valence-corrected chi connectivity index (χ2v) is 18.7. The summed E-state index contributed by atoms with van der Waals surface area (Å²) in [5.74, 6) is -1.66. The van der Waals surface area contributed by atoms with Gasteiger partial charge in [-0.25, -0.2) is 0 Å². The van der Waals surface area contributed by atoms with Crippen LogP contribution in [-0.4, -0.2) is 78.4 Å². The number of unbranched alkanes of at least 4 members (excludes halogenated alkanes) is 1. The van der Waals surface area contributed by atoms with Crippen LogP contribution in [0.1, 0.15) is 49.3 Å². The van der Waals surface area contributed by atoms with Gasteiger partial charge >= 0.3 is 5.97 Å². The SMILES string of the molecule is COC(=O)CCCCN1C(=O)[C@]2(O[C@H](CC(=O)N3Cc4ccccc4C[C@H]3CO)[C@@H]([Si](C)(C)F)[C@@H]2C)c2cc(-n3ncc4ccccc4c3=O)ccc21. The number of rotatable bonds is 10. The van der Waals surface area contributed by atoms with E-state index in [0.717, 1.165) is 11.1 Å². The smallest absolute Gasteiger partial charge is 0.305 e. The Balaban J connectivity index is 1.28. The maximum absolute atomic E-state index is 16.6. The molecule has 7 rings (SSSR count). The van der Waals surface area contributed by atoms with Crippen molar-refractivity contribution >= 4 is 42.7 Å². The van der Waals surface area contributed by atoms with Crippen LogP contribution in [0, 0.1) is 5.92 Å². The number of ether oxygens (including phenoxy) is 2. The van der Waals surface area contributed by atoms with Gasteiger partial charge in [-0.3, -0.25) is 19.2 Å². The Morgan fingerprint density at radius 1 is 1.06 bits per heavy atom. The topological polar surface area (TPSA) is 131 Å². The van der Waals surface area contributed by atoms with E-state index in [2.05, 4.69) is 5.10 Å². The number of aliphatic hydroxyl groups is 1. The number of fused-ring (bicyclic) bond motifs is 4. The number of aliphatic hydroxyl groups excluding tert-OH is 1. The lowest BCUT2D eigenvalue weighted by Gasteiger charge is -2.37. The average Bonchev–Trinajstić information content (AvgIpc) is 3.58. The molecule has 278 valence electrons. The molecule has 3 aromatic carbocycles. The normalized spacial score (nSPS) is 23.8. The molecule has 3 aliphatic heterocycles. The predicted molar refractivity (Wildman–Crippen MR) is 200 cm³/mol. The molecule has 1 fully saturated rings. The molecule has 1 aromatic heterocycles. The molecule has 3 aliphatic rings. The van der Waals surface area contributed by atoms with Crippen molar-refractivity contribution in [3.05, 3.63) is 100.0 Å². The van der Waals surface area contributed by atoms with Gasteiger partial charge in [-0.2, -0.15) is 9.78 Å². The Morgan fingerprint density at radius 2 is 1.79 bits per heavy atom. The van der Waals surface area contributed by atoms with Crippen LogP contribution < -0.4 is 10.5 Å². The third-order valence-corrected chi connectivity index (χ3v) is 13.8. The third kappa shape index (κ3) is 6.38. The van der Waals surface area contributed by atoms with E-state index < -0.39 is 37.6 Å². The van der Waals surface area contributed by atoms with Gasteiger partial charge in [0.2, 0.25) is 14.3 Å². The van der Waals surface area contributed by atoms with E-state index in [4.69, 9.17) is 9.47 Å². The lowest BCUT2D eigenvalue weighted by atomic mass is 9.82. The van der Waals surface area contributed by atoms with Crippen molar-refractivity contribution in [2.75, 3.05) is 25.2 Å². The van der Waals surface area contributed by atoms with Crippen molar-refractivity contribution in [1.29, 1.82) is 0 Å². The van der Waals surface area contributed by atoms with Crippen LogP contribution in [0.5, 0.6) is 0 Å². The maximum Gasteiger partial charge on any atom is 0.305 e. The summed E-state index contributed by atoms with van der Waals surface area (Å²) in [5.41, 5.74) is 0.818. The van der Waals surface area contributed by atoms with Crippen LogP contribution in [0.2, 0.25) is 18.6 Å². The highest BCUT2D eigenvalue weighted by Gasteiger charge is 2.67. The summed E-state index contributed by atoms with van der Waals surface area (Å²) in [6.45, 7) is 5.35. The fourth-order valence-corrected chi connectivity index (χ4v) is 11.3. The molecule has 1 N–H and O–H groups in total. The average molecular weight is 741 g/mol. The van der Waals surface area contributed by atoms with Crippen LogP contribution in [0.4, 0.5) is 9.80 Å².